The second-order valence-electron chi connectivity index (χ2n) is 3.68. The molecule has 88 valence electrons. The van der Waals surface area contributed by atoms with Crippen molar-refractivity contribution in [3.63, 3.8) is 0 Å². The smallest absolute Gasteiger partial charge is 0.251 e. The molecule has 0 aliphatic rings. The molecule has 17 heavy (non-hydrogen) atoms. The number of nitrogens with zero attached hydrogens (tertiary/aromatic N) is 1. The van der Waals surface area contributed by atoms with E-state index in [9.17, 15) is 4.79 Å². The molecule has 5 heteroatoms. The van der Waals surface area contributed by atoms with Crippen LogP contribution in [0.1, 0.15) is 20.9 Å². The zero-order valence-corrected chi connectivity index (χ0v) is 10.3. The molecule has 0 aliphatic carbocycles. The third-order valence-corrected chi connectivity index (χ3v) is 3.16. The van der Waals surface area contributed by atoms with Crippen molar-refractivity contribution < 1.29 is 4.79 Å². The molecule has 1 amide bonds. The summed E-state index contributed by atoms with van der Waals surface area (Å²) in [5.41, 5.74) is 7.83. The summed E-state index contributed by atoms with van der Waals surface area (Å²) in [6.07, 6.45) is 1.72. The van der Waals surface area contributed by atoms with Gasteiger partial charge in [0.15, 0.2) is 0 Å². The van der Waals surface area contributed by atoms with Crippen LogP contribution in [0, 0.1) is 6.92 Å². The Kier molecular flexibility index (Phi) is 3.39. The first-order chi connectivity index (χ1) is 8.16. The predicted molar refractivity (Wildman–Crippen MR) is 68.9 cm³/mol. The molecule has 0 radical (unpaired) electrons. The number of rotatable bonds is 3. The Morgan fingerprint density at radius 2 is 2.35 bits per heavy atom. The monoisotopic (exact) mass is 247 g/mol. The van der Waals surface area contributed by atoms with Gasteiger partial charge >= 0.3 is 0 Å². The Bertz CT molecular complexity index is 523. The van der Waals surface area contributed by atoms with Crippen molar-refractivity contribution in [1.82, 2.24) is 10.3 Å². The Labute approximate surface area is 103 Å². The molecule has 1 heterocycles. The first kappa shape index (κ1) is 11.6. The van der Waals surface area contributed by atoms with E-state index in [1.54, 1.807) is 24.4 Å². The van der Waals surface area contributed by atoms with Gasteiger partial charge in [-0.1, -0.05) is 0 Å². The molecule has 0 fully saturated rings. The molecule has 4 nitrogen and oxygen atoms in total. The number of benzene rings is 1. The highest BCUT2D eigenvalue weighted by atomic mass is 32.1. The summed E-state index contributed by atoms with van der Waals surface area (Å²) in [5.74, 6) is -0.0994. The van der Waals surface area contributed by atoms with Gasteiger partial charge in [0.1, 0.15) is 5.01 Å². The molecule has 0 aliphatic heterocycles. The minimum Gasteiger partial charge on any atom is -0.399 e. The maximum absolute atomic E-state index is 11.9. The third kappa shape index (κ3) is 2.82. The standard InChI is InChI=1S/C12H13N3OS/c1-8-6-9(13)2-3-10(8)12(16)15-7-11-14-4-5-17-11/h2-6H,7,13H2,1H3,(H,15,16). The lowest BCUT2D eigenvalue weighted by atomic mass is 10.1. The van der Waals surface area contributed by atoms with Crippen LogP contribution in [-0.4, -0.2) is 10.9 Å². The van der Waals surface area contributed by atoms with Crippen molar-refractivity contribution in [2.75, 3.05) is 5.73 Å². The van der Waals surface area contributed by atoms with Crippen molar-refractivity contribution in [3.8, 4) is 0 Å². The maximum Gasteiger partial charge on any atom is 0.251 e. The van der Waals surface area contributed by atoms with E-state index in [-0.39, 0.29) is 5.91 Å². The highest BCUT2D eigenvalue weighted by Crippen LogP contribution is 2.12. The van der Waals surface area contributed by atoms with E-state index in [1.165, 1.54) is 11.3 Å². The Morgan fingerprint density at radius 1 is 1.53 bits per heavy atom. The van der Waals surface area contributed by atoms with E-state index in [4.69, 9.17) is 5.73 Å². The van der Waals surface area contributed by atoms with E-state index >= 15 is 0 Å². The molecule has 0 unspecified atom stereocenters. The van der Waals surface area contributed by atoms with Crippen molar-refractivity contribution >= 4 is 22.9 Å². The SMILES string of the molecule is Cc1cc(N)ccc1C(=O)NCc1nccs1. The summed E-state index contributed by atoms with van der Waals surface area (Å²) >= 11 is 1.52. The van der Waals surface area contributed by atoms with Crippen LogP contribution >= 0.6 is 11.3 Å². The highest BCUT2D eigenvalue weighted by molar-refractivity contribution is 7.09. The summed E-state index contributed by atoms with van der Waals surface area (Å²) in [4.78, 5) is 16.0. The minimum atomic E-state index is -0.0994. The number of aryl methyl sites for hydroxylation is 1. The number of carbonyl (C=O) groups excluding carboxylic acids is 1. The molecule has 0 spiro atoms. The Hall–Kier alpha value is -1.88. The van der Waals surface area contributed by atoms with E-state index < -0.39 is 0 Å². The van der Waals surface area contributed by atoms with Gasteiger partial charge in [0, 0.05) is 22.8 Å². The van der Waals surface area contributed by atoms with Gasteiger partial charge in [0.05, 0.1) is 6.54 Å². The molecular weight excluding hydrogens is 234 g/mol. The van der Waals surface area contributed by atoms with Crippen molar-refractivity contribution in [1.29, 1.82) is 0 Å². The summed E-state index contributed by atoms with van der Waals surface area (Å²) in [6, 6.07) is 5.26. The number of aromatic nitrogens is 1. The third-order valence-electron chi connectivity index (χ3n) is 2.38. The summed E-state index contributed by atoms with van der Waals surface area (Å²) < 4.78 is 0. The lowest BCUT2D eigenvalue weighted by Crippen LogP contribution is -2.23. The van der Waals surface area contributed by atoms with Crippen molar-refractivity contribution in [2.45, 2.75) is 13.5 Å². The average molecular weight is 247 g/mol. The van der Waals surface area contributed by atoms with Crippen molar-refractivity contribution in [3.05, 3.63) is 45.9 Å². The Balaban J connectivity index is 2.04. The quantitative estimate of drug-likeness (QED) is 0.815. The van der Waals surface area contributed by atoms with E-state index in [0.29, 0.717) is 17.8 Å². The van der Waals surface area contributed by atoms with E-state index in [0.717, 1.165) is 10.6 Å². The highest BCUT2D eigenvalue weighted by Gasteiger charge is 2.08. The number of nitrogens with two attached hydrogens (primary N) is 1. The lowest BCUT2D eigenvalue weighted by Gasteiger charge is -2.07. The van der Waals surface area contributed by atoms with Crippen LogP contribution in [0.3, 0.4) is 0 Å². The van der Waals surface area contributed by atoms with Crippen LogP contribution in [0.15, 0.2) is 29.8 Å². The van der Waals surface area contributed by atoms with Gasteiger partial charge in [-0.15, -0.1) is 11.3 Å². The van der Waals surface area contributed by atoms with Crippen LogP contribution in [0.2, 0.25) is 0 Å². The molecule has 0 atom stereocenters. The largest absolute Gasteiger partial charge is 0.399 e. The zero-order chi connectivity index (χ0) is 12.3. The van der Waals surface area contributed by atoms with Gasteiger partial charge in [0.25, 0.3) is 5.91 Å². The molecule has 0 saturated carbocycles. The van der Waals surface area contributed by atoms with Gasteiger partial charge in [-0.3, -0.25) is 4.79 Å². The van der Waals surface area contributed by atoms with Gasteiger partial charge in [0.2, 0.25) is 0 Å². The second-order valence-corrected chi connectivity index (χ2v) is 4.66. The average Bonchev–Trinajstić information content (AvgIpc) is 2.78. The molecule has 1 aromatic heterocycles. The number of hydrogen-bond donors (Lipinski definition) is 2. The Morgan fingerprint density at radius 3 is 3.00 bits per heavy atom. The molecule has 1 aromatic carbocycles. The molecule has 0 saturated heterocycles. The van der Waals surface area contributed by atoms with Crippen LogP contribution in [0.25, 0.3) is 0 Å². The first-order valence-electron chi connectivity index (χ1n) is 5.19. The summed E-state index contributed by atoms with van der Waals surface area (Å²) in [6.45, 7) is 2.33. The maximum atomic E-state index is 11.9. The number of hydrogen-bond acceptors (Lipinski definition) is 4. The minimum absolute atomic E-state index is 0.0994. The topological polar surface area (TPSA) is 68.0 Å². The predicted octanol–water partition coefficient (Wildman–Crippen LogP) is 1.96. The van der Waals surface area contributed by atoms with Crippen molar-refractivity contribution in [2.24, 2.45) is 0 Å². The van der Waals surface area contributed by atoms with Crippen LogP contribution < -0.4 is 11.1 Å². The molecule has 2 aromatic rings. The van der Waals surface area contributed by atoms with Gasteiger partial charge in [-0.05, 0) is 30.7 Å². The first-order valence-corrected chi connectivity index (χ1v) is 6.07. The van der Waals surface area contributed by atoms with Crippen LogP contribution in [0.4, 0.5) is 5.69 Å². The fourth-order valence-electron chi connectivity index (χ4n) is 1.53. The van der Waals surface area contributed by atoms with Gasteiger partial charge < -0.3 is 11.1 Å². The number of anilines is 1. The number of thiazole rings is 1. The number of nitrogen functional groups attached to an aromatic ring is 1. The normalized spacial score (nSPS) is 10.2. The van der Waals surface area contributed by atoms with Crippen LogP contribution in [-0.2, 0) is 6.54 Å². The van der Waals surface area contributed by atoms with Gasteiger partial charge in [-0.25, -0.2) is 4.98 Å². The molecular formula is C12H13N3OS. The summed E-state index contributed by atoms with van der Waals surface area (Å²) in [7, 11) is 0. The lowest BCUT2D eigenvalue weighted by molar-refractivity contribution is 0.0950. The number of carbonyl (C=O) groups is 1. The van der Waals surface area contributed by atoms with E-state index in [2.05, 4.69) is 10.3 Å². The number of nitrogens with one attached hydrogen (secondary N) is 1. The zero-order valence-electron chi connectivity index (χ0n) is 9.43. The fourth-order valence-corrected chi connectivity index (χ4v) is 2.09. The van der Waals surface area contributed by atoms with Gasteiger partial charge in [-0.2, -0.15) is 0 Å². The fraction of sp³-hybridized carbons (Fsp3) is 0.167. The molecule has 0 bridgehead atoms. The molecule has 3 N–H and O–H groups in total. The van der Waals surface area contributed by atoms with E-state index in [1.807, 2.05) is 12.3 Å². The van der Waals surface area contributed by atoms with Crippen LogP contribution in [0.5, 0.6) is 0 Å². The second kappa shape index (κ2) is 4.97. The summed E-state index contributed by atoms with van der Waals surface area (Å²) in [5, 5.41) is 5.61. The number of amides is 1. The molecule has 2 rings (SSSR count).